The highest BCUT2D eigenvalue weighted by atomic mass is 127. The Kier molecular flexibility index (Phi) is 8.18. The number of anilines is 1. The van der Waals surface area contributed by atoms with Crippen molar-refractivity contribution in [3.8, 4) is 5.75 Å². The third-order valence-corrected chi connectivity index (χ3v) is 3.45. The van der Waals surface area contributed by atoms with E-state index in [1.54, 1.807) is 6.92 Å². The van der Waals surface area contributed by atoms with E-state index >= 15 is 0 Å². The van der Waals surface area contributed by atoms with Gasteiger partial charge in [-0.15, -0.1) is 24.0 Å². The van der Waals surface area contributed by atoms with Crippen LogP contribution in [0.2, 0.25) is 0 Å². The molecular formula is C19H26IN3O2. The molecule has 4 N–H and O–H groups in total. The van der Waals surface area contributed by atoms with Gasteiger partial charge in [0.05, 0.1) is 12.6 Å². The van der Waals surface area contributed by atoms with Crippen molar-refractivity contribution >= 4 is 35.6 Å². The second kappa shape index (κ2) is 9.62. The highest BCUT2D eigenvalue weighted by Gasteiger charge is 2.22. The summed E-state index contributed by atoms with van der Waals surface area (Å²) in [6, 6.07) is 16.9. The first kappa shape index (κ1) is 21.2. The van der Waals surface area contributed by atoms with Crippen LogP contribution in [0, 0.1) is 0 Å². The van der Waals surface area contributed by atoms with E-state index in [9.17, 15) is 5.11 Å². The largest absolute Gasteiger partial charge is 0.491 e. The lowest BCUT2D eigenvalue weighted by molar-refractivity contribution is 0.0674. The van der Waals surface area contributed by atoms with E-state index in [-0.39, 0.29) is 42.6 Å². The highest BCUT2D eigenvalue weighted by molar-refractivity contribution is 14.0. The molecule has 2 aromatic rings. The van der Waals surface area contributed by atoms with Crippen LogP contribution >= 0.6 is 24.0 Å². The summed E-state index contributed by atoms with van der Waals surface area (Å²) in [6.07, 6.45) is 0.135. The number of benzene rings is 2. The second-order valence-electron chi connectivity index (χ2n) is 6.16. The first-order valence-corrected chi connectivity index (χ1v) is 7.98. The van der Waals surface area contributed by atoms with Gasteiger partial charge in [-0.2, -0.15) is 0 Å². The highest BCUT2D eigenvalue weighted by Crippen LogP contribution is 2.20. The standard InChI is InChI=1S/C19H25N3O2.HI/c1-14(2)24-17-11-9-16(10-12-17)22-18(20)21-13-19(3,23)15-7-5-4-6-8-15;/h4-12,14,23H,13H2,1-3H3,(H3,20,21,22);1H. The molecule has 0 aliphatic carbocycles. The molecule has 0 heterocycles. The number of nitrogens with zero attached hydrogens (tertiary/aromatic N) is 1. The molecule has 6 heteroatoms. The number of guanidine groups is 1. The number of rotatable bonds is 6. The average molecular weight is 455 g/mol. The molecule has 2 rings (SSSR count). The predicted octanol–water partition coefficient (Wildman–Crippen LogP) is 3.73. The zero-order valence-corrected chi connectivity index (χ0v) is 17.1. The molecule has 5 nitrogen and oxygen atoms in total. The summed E-state index contributed by atoms with van der Waals surface area (Å²) in [5.74, 6) is 1.06. The first-order chi connectivity index (χ1) is 11.4. The van der Waals surface area contributed by atoms with E-state index in [0.29, 0.717) is 0 Å². The van der Waals surface area contributed by atoms with E-state index in [2.05, 4.69) is 10.3 Å². The Balaban J connectivity index is 0.00000312. The summed E-state index contributed by atoms with van der Waals surface area (Å²) < 4.78 is 5.59. The van der Waals surface area contributed by atoms with Crippen LogP contribution in [0.5, 0.6) is 5.75 Å². The number of halogens is 1. The molecule has 0 saturated heterocycles. The Morgan fingerprint density at radius 2 is 1.76 bits per heavy atom. The minimum absolute atomic E-state index is 0. The lowest BCUT2D eigenvalue weighted by Crippen LogP contribution is -2.29. The molecule has 136 valence electrons. The number of nitrogens with one attached hydrogen (secondary N) is 1. The molecule has 2 aromatic carbocycles. The molecule has 1 atom stereocenters. The quantitative estimate of drug-likeness (QED) is 0.353. The fraction of sp³-hybridized carbons (Fsp3) is 0.316. The molecule has 0 bridgehead atoms. The number of nitrogens with two attached hydrogens (primary N) is 1. The third-order valence-electron chi connectivity index (χ3n) is 3.45. The number of hydrogen-bond donors (Lipinski definition) is 3. The summed E-state index contributed by atoms with van der Waals surface area (Å²) in [5.41, 5.74) is 6.45. The fourth-order valence-corrected chi connectivity index (χ4v) is 2.20. The van der Waals surface area contributed by atoms with Crippen molar-refractivity contribution < 1.29 is 9.84 Å². The van der Waals surface area contributed by atoms with Crippen LogP contribution in [0.3, 0.4) is 0 Å². The van der Waals surface area contributed by atoms with Crippen LogP contribution in [0.15, 0.2) is 59.6 Å². The van der Waals surface area contributed by atoms with Crippen molar-refractivity contribution in [2.45, 2.75) is 32.5 Å². The Hall–Kier alpha value is -1.80. The van der Waals surface area contributed by atoms with Gasteiger partial charge >= 0.3 is 0 Å². The van der Waals surface area contributed by atoms with Crippen LogP contribution in [-0.2, 0) is 5.60 Å². The molecule has 0 saturated carbocycles. The molecule has 0 radical (unpaired) electrons. The van der Waals surface area contributed by atoms with Crippen molar-refractivity contribution in [3.63, 3.8) is 0 Å². The number of ether oxygens (including phenoxy) is 1. The summed E-state index contributed by atoms with van der Waals surface area (Å²) in [7, 11) is 0. The van der Waals surface area contributed by atoms with Crippen LogP contribution in [-0.4, -0.2) is 23.7 Å². The van der Waals surface area contributed by atoms with Crippen molar-refractivity contribution in [3.05, 3.63) is 60.2 Å². The smallest absolute Gasteiger partial charge is 0.193 e. The third kappa shape index (κ3) is 6.91. The van der Waals surface area contributed by atoms with Gasteiger partial charge in [0.1, 0.15) is 11.4 Å². The molecule has 0 aliphatic heterocycles. The van der Waals surface area contributed by atoms with Gasteiger partial charge in [-0.3, -0.25) is 0 Å². The van der Waals surface area contributed by atoms with Crippen LogP contribution < -0.4 is 15.8 Å². The lowest BCUT2D eigenvalue weighted by atomic mass is 9.96. The molecule has 25 heavy (non-hydrogen) atoms. The first-order valence-electron chi connectivity index (χ1n) is 7.98. The van der Waals surface area contributed by atoms with Gasteiger partial charge in [0, 0.05) is 5.69 Å². The summed E-state index contributed by atoms with van der Waals surface area (Å²) in [5, 5.41) is 13.5. The lowest BCUT2D eigenvalue weighted by Gasteiger charge is -2.21. The van der Waals surface area contributed by atoms with Gasteiger partial charge in [0.15, 0.2) is 5.96 Å². The van der Waals surface area contributed by atoms with Crippen LogP contribution in [0.1, 0.15) is 26.3 Å². The maximum absolute atomic E-state index is 10.5. The Bertz CT molecular complexity index is 671. The summed E-state index contributed by atoms with van der Waals surface area (Å²) >= 11 is 0. The minimum Gasteiger partial charge on any atom is -0.491 e. The van der Waals surface area contributed by atoms with E-state index in [1.807, 2.05) is 68.4 Å². The monoisotopic (exact) mass is 455 g/mol. The van der Waals surface area contributed by atoms with E-state index in [1.165, 1.54) is 0 Å². The van der Waals surface area contributed by atoms with Crippen LogP contribution in [0.4, 0.5) is 5.69 Å². The van der Waals surface area contributed by atoms with Gasteiger partial charge in [0.2, 0.25) is 0 Å². The Morgan fingerprint density at radius 1 is 1.16 bits per heavy atom. The molecular weight excluding hydrogens is 429 g/mol. The van der Waals surface area contributed by atoms with Gasteiger partial charge < -0.3 is 20.9 Å². The number of aliphatic imine (C=N–C) groups is 1. The number of aliphatic hydroxyl groups is 1. The molecule has 0 spiro atoms. The fourth-order valence-electron chi connectivity index (χ4n) is 2.20. The van der Waals surface area contributed by atoms with Crippen molar-refractivity contribution in [1.82, 2.24) is 0 Å². The molecule has 0 aliphatic rings. The van der Waals surface area contributed by atoms with Gasteiger partial charge in [-0.05, 0) is 50.6 Å². The molecule has 0 amide bonds. The zero-order valence-electron chi connectivity index (χ0n) is 14.8. The molecule has 1 unspecified atom stereocenters. The van der Waals surface area contributed by atoms with E-state index in [0.717, 1.165) is 17.0 Å². The van der Waals surface area contributed by atoms with E-state index in [4.69, 9.17) is 10.5 Å². The topological polar surface area (TPSA) is 79.9 Å². The van der Waals surface area contributed by atoms with Crippen LogP contribution in [0.25, 0.3) is 0 Å². The molecule has 0 aromatic heterocycles. The molecule has 0 fully saturated rings. The second-order valence-corrected chi connectivity index (χ2v) is 6.16. The van der Waals surface area contributed by atoms with Crippen molar-refractivity contribution in [1.29, 1.82) is 0 Å². The summed E-state index contributed by atoms with van der Waals surface area (Å²) in [6.45, 7) is 5.85. The normalized spacial score (nSPS) is 13.7. The average Bonchev–Trinajstić information content (AvgIpc) is 2.55. The number of hydrogen-bond acceptors (Lipinski definition) is 3. The van der Waals surface area contributed by atoms with Gasteiger partial charge in [-0.25, -0.2) is 4.99 Å². The van der Waals surface area contributed by atoms with E-state index < -0.39 is 5.60 Å². The maximum Gasteiger partial charge on any atom is 0.193 e. The Labute approximate surface area is 166 Å². The summed E-state index contributed by atoms with van der Waals surface area (Å²) in [4.78, 5) is 4.24. The minimum atomic E-state index is -1.07. The predicted molar refractivity (Wildman–Crippen MR) is 114 cm³/mol. The Morgan fingerprint density at radius 3 is 2.32 bits per heavy atom. The van der Waals surface area contributed by atoms with Crippen molar-refractivity contribution in [2.75, 3.05) is 11.9 Å². The van der Waals surface area contributed by atoms with Gasteiger partial charge in [-0.1, -0.05) is 30.3 Å². The zero-order chi connectivity index (χ0) is 17.6. The van der Waals surface area contributed by atoms with Crippen molar-refractivity contribution in [2.24, 2.45) is 10.7 Å². The SMILES string of the molecule is CC(C)Oc1ccc(NC(N)=NCC(C)(O)c2ccccc2)cc1.I. The maximum atomic E-state index is 10.5. The van der Waals surface area contributed by atoms with Gasteiger partial charge in [0.25, 0.3) is 0 Å².